The largest absolute Gasteiger partial charge is 0.467 e. The van der Waals surface area contributed by atoms with Crippen LogP contribution in [-0.2, 0) is 19.1 Å². The van der Waals surface area contributed by atoms with Gasteiger partial charge in [-0.15, -0.1) is 0 Å². The van der Waals surface area contributed by atoms with Crippen molar-refractivity contribution in [3.05, 3.63) is 35.9 Å². The molecule has 0 N–H and O–H groups in total. The van der Waals surface area contributed by atoms with Crippen molar-refractivity contribution < 1.29 is 19.1 Å². The zero-order chi connectivity index (χ0) is 16.9. The second kappa shape index (κ2) is 8.80. The Hall–Kier alpha value is 0.0800. The van der Waals surface area contributed by atoms with E-state index < -0.39 is 21.1 Å². The number of hydrogen-bond acceptors (Lipinski definition) is 4. The summed E-state index contributed by atoms with van der Waals surface area (Å²) in [6.07, 6.45) is 0. The highest BCUT2D eigenvalue weighted by Gasteiger charge is 2.55. The van der Waals surface area contributed by atoms with Crippen LogP contribution in [0, 0.1) is 0 Å². The molecule has 0 saturated heterocycles. The van der Waals surface area contributed by atoms with Crippen LogP contribution in [0.4, 0.5) is 0 Å². The Morgan fingerprint density at radius 3 is 1.86 bits per heavy atom. The second-order valence-electron chi connectivity index (χ2n) is 4.35. The van der Waals surface area contributed by atoms with Crippen molar-refractivity contribution in [2.75, 3.05) is 14.2 Å². The Kier molecular flexibility index (Phi) is 8.05. The summed E-state index contributed by atoms with van der Waals surface area (Å²) in [6.45, 7) is 0. The summed E-state index contributed by atoms with van der Waals surface area (Å²) in [5.74, 6) is -1.48. The molecule has 0 bridgehead atoms. The predicted octanol–water partition coefficient (Wildman–Crippen LogP) is 4.13. The van der Waals surface area contributed by atoms with E-state index in [1.54, 1.807) is 0 Å². The van der Waals surface area contributed by atoms with Gasteiger partial charge in [0.2, 0.25) is 4.32 Å². The Morgan fingerprint density at radius 2 is 1.45 bits per heavy atom. The molecule has 22 heavy (non-hydrogen) atoms. The van der Waals surface area contributed by atoms with Gasteiger partial charge in [-0.05, 0) is 5.56 Å². The van der Waals surface area contributed by atoms with Crippen LogP contribution in [0.25, 0.3) is 0 Å². The highest BCUT2D eigenvalue weighted by atomic mass is 79.9. The highest BCUT2D eigenvalue weighted by Crippen LogP contribution is 2.43. The van der Waals surface area contributed by atoms with Crippen LogP contribution < -0.4 is 0 Å². The summed E-state index contributed by atoms with van der Waals surface area (Å²) < 4.78 is 7.82. The van der Waals surface area contributed by atoms with Crippen LogP contribution in [0.5, 0.6) is 0 Å². The highest BCUT2D eigenvalue weighted by molar-refractivity contribution is 9.14. The molecule has 0 aliphatic rings. The Bertz CT molecular complexity index is 507. The SMILES string of the molecule is COC(=O)C(Br)(C(=O)OC)[C@@H](Br)[C@@H](Br)[C@H](Br)c1ccccc1. The number of rotatable bonds is 6. The average molecular weight is 566 g/mol. The molecule has 1 aromatic rings. The number of ether oxygens (including phenoxy) is 2. The lowest BCUT2D eigenvalue weighted by Crippen LogP contribution is -2.53. The van der Waals surface area contributed by atoms with Crippen molar-refractivity contribution in [1.29, 1.82) is 0 Å². The van der Waals surface area contributed by atoms with Crippen LogP contribution in [0.2, 0.25) is 0 Å². The van der Waals surface area contributed by atoms with Gasteiger partial charge in [0.05, 0.1) is 23.9 Å². The molecule has 0 aromatic heterocycles. The maximum absolute atomic E-state index is 12.1. The normalized spacial score (nSPS) is 15.5. The summed E-state index contributed by atoms with van der Waals surface area (Å²) in [4.78, 5) is 23.1. The molecule has 0 amide bonds. The summed E-state index contributed by atoms with van der Waals surface area (Å²) in [6, 6.07) is 9.62. The van der Waals surface area contributed by atoms with Gasteiger partial charge in [-0.1, -0.05) is 94.1 Å². The topological polar surface area (TPSA) is 52.6 Å². The molecule has 122 valence electrons. The number of hydrogen-bond donors (Lipinski definition) is 0. The molecule has 0 saturated carbocycles. The van der Waals surface area contributed by atoms with Gasteiger partial charge in [-0.3, -0.25) is 0 Å². The second-order valence-corrected chi connectivity index (χ2v) is 8.63. The molecule has 0 radical (unpaired) electrons. The van der Waals surface area contributed by atoms with E-state index in [1.807, 2.05) is 30.3 Å². The molecule has 8 heteroatoms. The first-order valence-electron chi connectivity index (χ1n) is 6.13. The van der Waals surface area contributed by atoms with Gasteiger partial charge in [0, 0.05) is 4.83 Å². The third-order valence-corrected chi connectivity index (χ3v) is 9.61. The van der Waals surface area contributed by atoms with E-state index in [9.17, 15) is 9.59 Å². The van der Waals surface area contributed by atoms with Gasteiger partial charge in [-0.25, -0.2) is 9.59 Å². The Labute approximate surface area is 162 Å². The monoisotopic (exact) mass is 562 g/mol. The minimum atomic E-state index is -1.66. The smallest absolute Gasteiger partial charge is 0.335 e. The molecule has 3 atom stereocenters. The van der Waals surface area contributed by atoms with E-state index in [-0.39, 0.29) is 9.65 Å². The van der Waals surface area contributed by atoms with Gasteiger partial charge < -0.3 is 9.47 Å². The van der Waals surface area contributed by atoms with Gasteiger partial charge >= 0.3 is 11.9 Å². The maximum atomic E-state index is 12.1. The van der Waals surface area contributed by atoms with Crippen molar-refractivity contribution in [2.45, 2.75) is 18.8 Å². The molecule has 0 aliphatic heterocycles. The van der Waals surface area contributed by atoms with Crippen molar-refractivity contribution >= 4 is 75.7 Å². The number of halogens is 4. The molecule has 4 nitrogen and oxygen atoms in total. The fraction of sp³-hybridized carbons (Fsp3) is 0.429. The molecule has 0 aliphatic carbocycles. The van der Waals surface area contributed by atoms with Crippen molar-refractivity contribution in [3.63, 3.8) is 0 Å². The first-order valence-corrected chi connectivity index (χ1v) is 9.67. The lowest BCUT2D eigenvalue weighted by atomic mass is 9.99. The molecule has 1 rings (SSSR count). The minimum Gasteiger partial charge on any atom is -0.467 e. The van der Waals surface area contributed by atoms with Crippen molar-refractivity contribution in [2.24, 2.45) is 0 Å². The van der Waals surface area contributed by atoms with Crippen LogP contribution in [0.15, 0.2) is 30.3 Å². The van der Waals surface area contributed by atoms with Crippen LogP contribution >= 0.6 is 63.7 Å². The average Bonchev–Trinajstić information content (AvgIpc) is 2.58. The molecule has 0 unspecified atom stereocenters. The number of alkyl halides is 4. The van der Waals surface area contributed by atoms with Gasteiger partial charge in [-0.2, -0.15) is 0 Å². The molecule has 1 aromatic carbocycles. The predicted molar refractivity (Wildman–Crippen MR) is 99.2 cm³/mol. The zero-order valence-corrected chi connectivity index (χ0v) is 18.1. The third-order valence-electron chi connectivity index (χ3n) is 3.02. The fourth-order valence-corrected chi connectivity index (χ4v) is 5.16. The quantitative estimate of drug-likeness (QED) is 0.296. The molecular formula is C14H14Br4O4. The Balaban J connectivity index is 3.11. The summed E-state index contributed by atoms with van der Waals surface area (Å²) >= 11 is 13.7. The number of carbonyl (C=O) groups excluding carboxylic acids is 2. The molecular weight excluding hydrogens is 552 g/mol. The zero-order valence-electron chi connectivity index (χ0n) is 11.8. The standard InChI is InChI=1S/C14H14Br4O4/c1-21-12(19)14(18,13(20)22-2)11(17)10(16)9(15)8-6-4-3-5-7-8/h3-7,9-11H,1-2H3/t9-,10+,11+/m1/s1. The van der Waals surface area contributed by atoms with E-state index in [1.165, 1.54) is 14.2 Å². The number of methoxy groups -OCH3 is 2. The maximum Gasteiger partial charge on any atom is 0.335 e. The van der Waals surface area contributed by atoms with E-state index in [2.05, 4.69) is 63.7 Å². The van der Waals surface area contributed by atoms with Crippen LogP contribution in [0.3, 0.4) is 0 Å². The summed E-state index contributed by atoms with van der Waals surface area (Å²) in [7, 11) is 2.43. The van der Waals surface area contributed by atoms with Crippen molar-refractivity contribution in [3.8, 4) is 0 Å². The molecule has 0 heterocycles. The van der Waals surface area contributed by atoms with Gasteiger partial charge in [0.25, 0.3) is 0 Å². The molecule has 0 fully saturated rings. The fourth-order valence-electron chi connectivity index (χ4n) is 1.79. The molecule has 0 spiro atoms. The van der Waals surface area contributed by atoms with Crippen LogP contribution in [0.1, 0.15) is 10.4 Å². The number of esters is 2. The van der Waals surface area contributed by atoms with Crippen molar-refractivity contribution in [1.82, 2.24) is 0 Å². The van der Waals surface area contributed by atoms with E-state index in [4.69, 9.17) is 9.47 Å². The first kappa shape index (κ1) is 20.1. The van der Waals surface area contributed by atoms with Gasteiger partial charge in [0.15, 0.2) is 0 Å². The summed E-state index contributed by atoms with van der Waals surface area (Å²) in [5.41, 5.74) is 0.999. The van der Waals surface area contributed by atoms with E-state index in [0.29, 0.717) is 0 Å². The lowest BCUT2D eigenvalue weighted by Gasteiger charge is -2.32. The third kappa shape index (κ3) is 4.13. The minimum absolute atomic E-state index is 0.149. The van der Waals surface area contributed by atoms with E-state index in [0.717, 1.165) is 5.56 Å². The lowest BCUT2D eigenvalue weighted by molar-refractivity contribution is -0.155. The Morgan fingerprint density at radius 1 is 1.00 bits per heavy atom. The van der Waals surface area contributed by atoms with Crippen LogP contribution in [-0.4, -0.2) is 40.1 Å². The summed E-state index contributed by atoms with van der Waals surface area (Å²) in [5, 5.41) is 0. The number of carbonyl (C=O) groups is 2. The number of benzene rings is 1. The van der Waals surface area contributed by atoms with E-state index >= 15 is 0 Å². The first-order chi connectivity index (χ1) is 10.3. The van der Waals surface area contributed by atoms with Gasteiger partial charge in [0.1, 0.15) is 0 Å².